The normalized spacial score (nSPS) is 18.7. The lowest BCUT2D eigenvalue weighted by Gasteiger charge is -2.33. The Bertz CT molecular complexity index is 560. The van der Waals surface area contributed by atoms with Crippen molar-refractivity contribution in [2.45, 2.75) is 76.3 Å². The summed E-state index contributed by atoms with van der Waals surface area (Å²) < 4.78 is 4.84. The fourth-order valence-electron chi connectivity index (χ4n) is 3.95. The van der Waals surface area contributed by atoms with Gasteiger partial charge in [-0.25, -0.2) is 4.79 Å². The van der Waals surface area contributed by atoms with Gasteiger partial charge in [-0.05, 0) is 31.7 Å². The third kappa shape index (κ3) is 11.5. The zero-order valence-corrected chi connectivity index (χ0v) is 19.7. The van der Waals surface area contributed by atoms with Crippen LogP contribution < -0.4 is 5.73 Å². The highest BCUT2D eigenvalue weighted by Crippen LogP contribution is 2.18. The van der Waals surface area contributed by atoms with E-state index in [0.29, 0.717) is 26.2 Å². The predicted molar refractivity (Wildman–Crippen MR) is 121 cm³/mol. The van der Waals surface area contributed by atoms with Crippen molar-refractivity contribution in [2.24, 2.45) is 11.7 Å². The van der Waals surface area contributed by atoms with E-state index in [9.17, 15) is 30.0 Å². The summed E-state index contributed by atoms with van der Waals surface area (Å²) in [5.41, 5.74) is 4.99. The molecule has 4 atom stereocenters. The third-order valence-corrected chi connectivity index (χ3v) is 6.17. The second-order valence-electron chi connectivity index (χ2n) is 8.86. The van der Waals surface area contributed by atoms with E-state index in [1.807, 2.05) is 4.90 Å². The molecule has 1 aliphatic heterocycles. The van der Waals surface area contributed by atoms with E-state index >= 15 is 0 Å². The Balaban J connectivity index is 2.54. The van der Waals surface area contributed by atoms with Crippen molar-refractivity contribution in [3.05, 3.63) is 0 Å². The van der Waals surface area contributed by atoms with Crippen LogP contribution in [0.4, 0.5) is 4.79 Å². The van der Waals surface area contributed by atoms with Crippen LogP contribution in [0.3, 0.4) is 0 Å². The lowest BCUT2D eigenvalue weighted by molar-refractivity contribution is -0.133. The Kier molecular flexibility index (Phi) is 14.5. The van der Waals surface area contributed by atoms with Crippen molar-refractivity contribution in [2.75, 3.05) is 45.9 Å². The van der Waals surface area contributed by atoms with Gasteiger partial charge in [-0.2, -0.15) is 0 Å². The Hall–Kier alpha value is -1.50. The standard InChI is InChI=1S/C22H43N3O8/c1-2-3-4-5-9-24(13-17(27)20(30)21(31)18(28)14-26)10-8-19(29)25-11-6-16(7-12-25)15-33-22(23)32/h16-18,20-21,26-28,30-31H,2-15H2,1H3,(H2,23,32). The first-order chi connectivity index (χ1) is 15.7. The predicted octanol–water partition coefficient (Wildman–Crippen LogP) is -0.971. The number of piperidine rings is 1. The van der Waals surface area contributed by atoms with Gasteiger partial charge in [0.25, 0.3) is 0 Å². The van der Waals surface area contributed by atoms with Gasteiger partial charge >= 0.3 is 6.09 Å². The number of nitrogens with two attached hydrogens (primary N) is 1. The average Bonchev–Trinajstić information content (AvgIpc) is 2.82. The second kappa shape index (κ2) is 16.2. The quantitative estimate of drug-likeness (QED) is 0.153. The molecule has 1 rings (SSSR count). The van der Waals surface area contributed by atoms with Crippen molar-refractivity contribution in [1.82, 2.24) is 9.80 Å². The Labute approximate surface area is 196 Å². The van der Waals surface area contributed by atoms with Gasteiger partial charge in [-0.3, -0.25) is 4.79 Å². The van der Waals surface area contributed by atoms with Gasteiger partial charge in [0.15, 0.2) is 0 Å². The number of primary amides is 1. The summed E-state index contributed by atoms with van der Waals surface area (Å²) in [5.74, 6) is 0.183. The molecule has 0 saturated carbocycles. The Morgan fingerprint density at radius 1 is 1.03 bits per heavy atom. The largest absolute Gasteiger partial charge is 0.449 e. The molecule has 0 aromatic carbocycles. The zero-order valence-electron chi connectivity index (χ0n) is 19.7. The molecule has 33 heavy (non-hydrogen) atoms. The van der Waals surface area contributed by atoms with E-state index in [1.165, 1.54) is 0 Å². The number of unbranched alkanes of at least 4 members (excludes halogenated alkanes) is 3. The van der Waals surface area contributed by atoms with Crippen LogP contribution in [0.1, 0.15) is 51.9 Å². The molecular weight excluding hydrogens is 434 g/mol. The maximum atomic E-state index is 12.7. The van der Waals surface area contributed by atoms with Crippen molar-refractivity contribution in [3.63, 3.8) is 0 Å². The molecule has 1 heterocycles. The molecule has 0 aliphatic carbocycles. The molecule has 4 unspecified atom stereocenters. The van der Waals surface area contributed by atoms with Gasteiger partial charge in [-0.1, -0.05) is 26.2 Å². The molecule has 11 heteroatoms. The molecule has 7 N–H and O–H groups in total. The maximum absolute atomic E-state index is 12.7. The summed E-state index contributed by atoms with van der Waals surface area (Å²) in [4.78, 5) is 27.1. The molecule has 0 bridgehead atoms. The lowest BCUT2D eigenvalue weighted by Crippen LogP contribution is -2.50. The fourth-order valence-corrected chi connectivity index (χ4v) is 3.95. The minimum Gasteiger partial charge on any atom is -0.449 e. The number of aliphatic hydroxyl groups is 5. The highest BCUT2D eigenvalue weighted by Gasteiger charge is 2.31. The van der Waals surface area contributed by atoms with Crippen LogP contribution in [-0.4, -0.2) is 118 Å². The number of amides is 2. The van der Waals surface area contributed by atoms with E-state index in [2.05, 4.69) is 6.92 Å². The summed E-state index contributed by atoms with van der Waals surface area (Å²) in [6, 6.07) is 0. The van der Waals surface area contributed by atoms with E-state index in [-0.39, 0.29) is 31.4 Å². The van der Waals surface area contributed by atoms with Crippen molar-refractivity contribution >= 4 is 12.0 Å². The number of hydrogen-bond donors (Lipinski definition) is 6. The summed E-state index contributed by atoms with van der Waals surface area (Å²) >= 11 is 0. The fraction of sp³-hybridized carbons (Fsp3) is 0.909. The van der Waals surface area contributed by atoms with Gasteiger partial charge in [0.2, 0.25) is 5.91 Å². The van der Waals surface area contributed by atoms with Crippen LogP contribution >= 0.6 is 0 Å². The van der Waals surface area contributed by atoms with E-state index < -0.39 is 37.1 Å². The number of carbonyl (C=O) groups excluding carboxylic acids is 2. The number of aliphatic hydroxyl groups excluding tert-OH is 5. The van der Waals surface area contributed by atoms with Crippen molar-refractivity contribution in [1.29, 1.82) is 0 Å². The number of ether oxygens (including phenoxy) is 1. The van der Waals surface area contributed by atoms with Crippen LogP contribution in [0, 0.1) is 5.92 Å². The van der Waals surface area contributed by atoms with Crippen molar-refractivity contribution in [3.8, 4) is 0 Å². The van der Waals surface area contributed by atoms with Gasteiger partial charge < -0.3 is 45.8 Å². The molecule has 1 fully saturated rings. The first-order valence-electron chi connectivity index (χ1n) is 11.9. The molecule has 0 radical (unpaired) electrons. The molecule has 1 aliphatic rings. The highest BCUT2D eigenvalue weighted by atomic mass is 16.5. The molecule has 0 aromatic heterocycles. The van der Waals surface area contributed by atoms with Gasteiger partial charge in [0.05, 0.1) is 19.3 Å². The topological polar surface area (TPSA) is 177 Å². The SMILES string of the molecule is CCCCCCN(CCC(=O)N1CCC(COC(N)=O)CC1)CC(O)C(O)C(O)C(O)CO. The maximum Gasteiger partial charge on any atom is 0.404 e. The molecule has 1 saturated heterocycles. The smallest absolute Gasteiger partial charge is 0.404 e. The highest BCUT2D eigenvalue weighted by molar-refractivity contribution is 5.76. The molecule has 194 valence electrons. The lowest BCUT2D eigenvalue weighted by atomic mass is 9.97. The van der Waals surface area contributed by atoms with Crippen LogP contribution in [0.15, 0.2) is 0 Å². The molecular formula is C22H43N3O8. The number of likely N-dealkylation sites (tertiary alicyclic amines) is 1. The zero-order chi connectivity index (χ0) is 24.8. The third-order valence-electron chi connectivity index (χ3n) is 6.17. The molecule has 2 amide bonds. The van der Waals surface area contributed by atoms with E-state index in [4.69, 9.17) is 15.6 Å². The Morgan fingerprint density at radius 2 is 1.67 bits per heavy atom. The summed E-state index contributed by atoms with van der Waals surface area (Å²) in [6.07, 6.45) is -1.24. The number of hydrogen-bond acceptors (Lipinski definition) is 9. The number of nitrogens with zero attached hydrogens (tertiary/aromatic N) is 2. The van der Waals surface area contributed by atoms with Gasteiger partial charge in [0, 0.05) is 32.6 Å². The number of carbonyl (C=O) groups is 2. The molecule has 0 spiro atoms. The van der Waals surface area contributed by atoms with Crippen LogP contribution in [-0.2, 0) is 9.53 Å². The van der Waals surface area contributed by atoms with Crippen LogP contribution in [0.5, 0.6) is 0 Å². The first kappa shape index (κ1) is 29.5. The van der Waals surface area contributed by atoms with Gasteiger partial charge in [0.1, 0.15) is 18.3 Å². The van der Waals surface area contributed by atoms with Crippen LogP contribution in [0.25, 0.3) is 0 Å². The first-order valence-corrected chi connectivity index (χ1v) is 11.9. The molecule has 11 nitrogen and oxygen atoms in total. The minimum absolute atomic E-state index is 0.00592. The number of rotatable bonds is 16. The summed E-state index contributed by atoms with van der Waals surface area (Å²) in [5, 5.41) is 48.8. The van der Waals surface area contributed by atoms with Crippen molar-refractivity contribution < 1.29 is 39.9 Å². The Morgan fingerprint density at radius 3 is 2.24 bits per heavy atom. The van der Waals surface area contributed by atoms with E-state index in [1.54, 1.807) is 4.90 Å². The monoisotopic (exact) mass is 477 g/mol. The second-order valence-corrected chi connectivity index (χ2v) is 8.86. The molecule has 0 aromatic rings. The van der Waals surface area contributed by atoms with Gasteiger partial charge in [-0.15, -0.1) is 0 Å². The summed E-state index contributed by atoms with van der Waals surface area (Å²) in [6.45, 7) is 3.84. The summed E-state index contributed by atoms with van der Waals surface area (Å²) in [7, 11) is 0. The van der Waals surface area contributed by atoms with Crippen LogP contribution in [0.2, 0.25) is 0 Å². The average molecular weight is 478 g/mol. The minimum atomic E-state index is -1.67. The van der Waals surface area contributed by atoms with E-state index in [0.717, 1.165) is 38.5 Å².